The van der Waals surface area contributed by atoms with E-state index in [4.69, 9.17) is 4.99 Å². The number of aliphatic imine (C=N–C) groups is 1. The normalized spacial score (nSPS) is 13.4. The predicted molar refractivity (Wildman–Crippen MR) is 158 cm³/mol. The molecular weight excluding hydrogens is 424 g/mol. The van der Waals surface area contributed by atoms with Gasteiger partial charge in [0.1, 0.15) is 0 Å². The van der Waals surface area contributed by atoms with E-state index in [9.17, 15) is 0 Å². The summed E-state index contributed by atoms with van der Waals surface area (Å²) in [5.41, 5.74) is 13.1. The molecule has 0 saturated carbocycles. The van der Waals surface area contributed by atoms with Gasteiger partial charge < -0.3 is 5.32 Å². The van der Waals surface area contributed by atoms with Crippen LogP contribution in [0.25, 0.3) is 0 Å². The molecule has 0 spiro atoms. The van der Waals surface area contributed by atoms with Crippen LogP contribution in [-0.2, 0) is 36.5 Å². The maximum atomic E-state index is 5.14. The van der Waals surface area contributed by atoms with Gasteiger partial charge in [-0.2, -0.15) is 0 Å². The van der Waals surface area contributed by atoms with E-state index in [1.54, 1.807) is 0 Å². The minimum Gasteiger partial charge on any atom is -0.359 e. The van der Waals surface area contributed by atoms with Crippen molar-refractivity contribution in [3.8, 4) is 0 Å². The fourth-order valence-electron chi connectivity index (χ4n) is 4.55. The highest BCUT2D eigenvalue weighted by Gasteiger charge is 2.19. The van der Waals surface area contributed by atoms with E-state index in [0.717, 1.165) is 42.8 Å². The molecule has 0 aliphatic carbocycles. The third kappa shape index (κ3) is 7.32. The molecule has 35 heavy (non-hydrogen) atoms. The van der Waals surface area contributed by atoms with Crippen LogP contribution in [0.2, 0.25) is 0 Å². The summed E-state index contributed by atoms with van der Waals surface area (Å²) >= 11 is 0. The zero-order chi connectivity index (χ0) is 26.6. The molecule has 2 nitrogen and oxygen atoms in total. The summed E-state index contributed by atoms with van der Waals surface area (Å²) < 4.78 is 0. The Morgan fingerprint density at radius 2 is 1.06 bits per heavy atom. The van der Waals surface area contributed by atoms with Crippen molar-refractivity contribution in [2.75, 3.05) is 5.32 Å². The van der Waals surface area contributed by atoms with Gasteiger partial charge in [-0.1, -0.05) is 93.5 Å². The van der Waals surface area contributed by atoms with E-state index in [1.807, 2.05) is 0 Å². The van der Waals surface area contributed by atoms with Gasteiger partial charge in [-0.3, -0.25) is 4.99 Å². The summed E-state index contributed by atoms with van der Waals surface area (Å²) in [5.74, 6) is 0. The van der Waals surface area contributed by atoms with Crippen molar-refractivity contribution in [1.82, 2.24) is 0 Å². The smallest absolute Gasteiger partial charge is 0.0696 e. The average Bonchev–Trinajstić information content (AvgIpc) is 2.77. The Bertz CT molecular complexity index is 1040. The molecule has 0 amide bonds. The molecule has 2 heteroatoms. The number of benzene rings is 2. The van der Waals surface area contributed by atoms with Gasteiger partial charge in [0, 0.05) is 17.1 Å². The number of aryl methyl sites for hydroxylation is 4. The molecule has 0 aromatic heterocycles. The lowest BCUT2D eigenvalue weighted by molar-refractivity contribution is 0.588. The third-order valence-electron chi connectivity index (χ3n) is 6.86. The number of hydrogen-bond donors (Lipinski definition) is 1. The van der Waals surface area contributed by atoms with Crippen LogP contribution >= 0.6 is 0 Å². The van der Waals surface area contributed by atoms with Crippen LogP contribution in [0.5, 0.6) is 0 Å². The molecule has 192 valence electrons. The van der Waals surface area contributed by atoms with Crippen molar-refractivity contribution < 1.29 is 0 Å². The maximum absolute atomic E-state index is 5.14. The lowest BCUT2D eigenvalue weighted by atomic mass is 9.83. The van der Waals surface area contributed by atoms with Crippen LogP contribution in [0.3, 0.4) is 0 Å². The number of nitrogens with zero attached hydrogens (tertiary/aromatic N) is 1. The number of nitrogens with one attached hydrogen (secondary N) is 1. The lowest BCUT2D eigenvalue weighted by Crippen LogP contribution is -2.14. The molecule has 0 unspecified atom stereocenters. The van der Waals surface area contributed by atoms with Crippen molar-refractivity contribution in [2.45, 2.75) is 120 Å². The molecule has 0 bridgehead atoms. The zero-order valence-electron chi connectivity index (χ0n) is 24.7. The molecule has 0 saturated heterocycles. The van der Waals surface area contributed by atoms with Crippen molar-refractivity contribution in [3.63, 3.8) is 0 Å². The highest BCUT2D eigenvalue weighted by Crippen LogP contribution is 2.34. The molecule has 0 atom stereocenters. The van der Waals surface area contributed by atoms with E-state index in [1.165, 1.54) is 39.1 Å². The summed E-state index contributed by atoms with van der Waals surface area (Å²) in [6, 6.07) is 9.48. The highest BCUT2D eigenvalue weighted by molar-refractivity contribution is 5.96. The Hall–Kier alpha value is -2.35. The van der Waals surface area contributed by atoms with E-state index >= 15 is 0 Å². The quantitative estimate of drug-likeness (QED) is 0.378. The minimum absolute atomic E-state index is 0.141. The second-order valence-corrected chi connectivity index (χ2v) is 11.9. The fourth-order valence-corrected chi connectivity index (χ4v) is 4.55. The van der Waals surface area contributed by atoms with Gasteiger partial charge in [0.05, 0.1) is 5.69 Å². The van der Waals surface area contributed by atoms with Crippen LogP contribution in [0.15, 0.2) is 41.0 Å². The highest BCUT2D eigenvalue weighted by atomic mass is 14.9. The fraction of sp³-hybridized carbons (Fsp3) is 0.545. The molecule has 2 rings (SSSR count). The maximum Gasteiger partial charge on any atom is 0.0696 e. The van der Waals surface area contributed by atoms with Gasteiger partial charge in [0.2, 0.25) is 0 Å². The summed E-state index contributed by atoms with van der Waals surface area (Å²) in [6.07, 6.45) is 6.19. The largest absolute Gasteiger partial charge is 0.359 e. The Morgan fingerprint density at radius 3 is 1.40 bits per heavy atom. The van der Waals surface area contributed by atoms with Gasteiger partial charge in [0.15, 0.2) is 0 Å². The number of rotatable bonds is 8. The number of allylic oxidation sites excluding steroid dienone is 2. The monoisotopic (exact) mass is 474 g/mol. The summed E-state index contributed by atoms with van der Waals surface area (Å²) in [5, 5.41) is 3.74. The standard InChI is InChI=1S/C33H50N2/c1-13-24-18-28(32(7,8)9)19-25(14-2)30(24)34-22(5)17-23(6)35-31-26(15-3)20-29(33(10,11)12)21-27(31)16-4/h17-21,34H,13-16H2,1-12H3/b22-17-,35-23?. The first-order valence-electron chi connectivity index (χ1n) is 13.6. The van der Waals surface area contributed by atoms with E-state index in [-0.39, 0.29) is 10.8 Å². The van der Waals surface area contributed by atoms with Crippen LogP contribution in [-0.4, -0.2) is 5.71 Å². The lowest BCUT2D eigenvalue weighted by Gasteiger charge is -2.24. The third-order valence-corrected chi connectivity index (χ3v) is 6.86. The summed E-state index contributed by atoms with van der Waals surface area (Å²) in [6.45, 7) is 27.0. The van der Waals surface area contributed by atoms with Crippen molar-refractivity contribution >= 4 is 17.1 Å². The first-order chi connectivity index (χ1) is 16.2. The van der Waals surface area contributed by atoms with Crippen molar-refractivity contribution in [1.29, 1.82) is 0 Å². The summed E-state index contributed by atoms with van der Waals surface area (Å²) in [4.78, 5) is 5.14. The molecule has 2 aromatic rings. The van der Waals surface area contributed by atoms with Crippen LogP contribution in [0, 0.1) is 0 Å². The van der Waals surface area contributed by atoms with Gasteiger partial charge >= 0.3 is 0 Å². The summed E-state index contributed by atoms with van der Waals surface area (Å²) in [7, 11) is 0. The second kappa shape index (κ2) is 11.6. The van der Waals surface area contributed by atoms with Crippen molar-refractivity contribution in [2.24, 2.45) is 4.99 Å². The van der Waals surface area contributed by atoms with E-state index < -0.39 is 0 Å². The Balaban J connectivity index is 2.47. The van der Waals surface area contributed by atoms with Gasteiger partial charge in [-0.15, -0.1) is 0 Å². The number of hydrogen-bond acceptors (Lipinski definition) is 2. The van der Waals surface area contributed by atoms with Gasteiger partial charge in [-0.25, -0.2) is 0 Å². The van der Waals surface area contributed by atoms with Crippen LogP contribution < -0.4 is 5.32 Å². The minimum atomic E-state index is 0.141. The predicted octanol–water partition coefficient (Wildman–Crippen LogP) is 9.64. The molecule has 0 aliphatic heterocycles. The molecule has 1 N–H and O–H groups in total. The number of anilines is 1. The first kappa shape index (κ1) is 28.9. The Morgan fingerprint density at radius 1 is 0.686 bits per heavy atom. The van der Waals surface area contributed by atoms with E-state index in [0.29, 0.717) is 0 Å². The van der Waals surface area contributed by atoms with Crippen LogP contribution in [0.1, 0.15) is 116 Å². The average molecular weight is 475 g/mol. The first-order valence-corrected chi connectivity index (χ1v) is 13.6. The molecule has 0 aliphatic rings. The zero-order valence-corrected chi connectivity index (χ0v) is 24.7. The van der Waals surface area contributed by atoms with Gasteiger partial charge in [-0.05, 0) is 89.8 Å². The van der Waals surface area contributed by atoms with Crippen molar-refractivity contribution in [3.05, 3.63) is 69.4 Å². The SMILES string of the molecule is CCc1cc(C(C)(C)C)cc(CC)c1N=C(C)/C=C(/C)Nc1c(CC)cc(C(C)(C)C)cc1CC. The van der Waals surface area contributed by atoms with E-state index in [2.05, 4.69) is 119 Å². The Labute approximate surface area is 216 Å². The molecule has 0 heterocycles. The molecular formula is C33H50N2. The van der Waals surface area contributed by atoms with Crippen LogP contribution in [0.4, 0.5) is 11.4 Å². The second-order valence-electron chi connectivity index (χ2n) is 11.9. The molecule has 0 radical (unpaired) electrons. The molecule has 2 aromatic carbocycles. The topological polar surface area (TPSA) is 24.4 Å². The molecule has 0 fully saturated rings. The Kier molecular flexibility index (Phi) is 9.56. The van der Waals surface area contributed by atoms with Gasteiger partial charge in [0.25, 0.3) is 0 Å².